The van der Waals surface area contributed by atoms with E-state index in [1.54, 1.807) is 0 Å². The highest BCUT2D eigenvalue weighted by Crippen LogP contribution is 2.26. The number of hydrogen-bond donors (Lipinski definition) is 1. The monoisotopic (exact) mass is 380 g/mol. The van der Waals surface area contributed by atoms with E-state index in [1.165, 1.54) is 0 Å². The second-order valence-corrected chi connectivity index (χ2v) is 7.85. The van der Waals surface area contributed by atoms with Gasteiger partial charge in [0.1, 0.15) is 11.6 Å². The first-order chi connectivity index (χ1) is 12.8. The zero-order valence-electron chi connectivity index (χ0n) is 16.4. The highest BCUT2D eigenvalue weighted by molar-refractivity contribution is 5.94. The quantitative estimate of drug-likeness (QED) is 0.754. The molecule has 1 fully saturated rings. The van der Waals surface area contributed by atoms with Crippen LogP contribution in [-0.2, 0) is 4.79 Å². The van der Waals surface area contributed by atoms with Crippen molar-refractivity contribution in [2.75, 3.05) is 13.1 Å². The summed E-state index contributed by atoms with van der Waals surface area (Å²) in [6, 6.07) is 3.13. The van der Waals surface area contributed by atoms with E-state index in [9.17, 15) is 18.4 Å². The number of amides is 2. The minimum absolute atomic E-state index is 0.116. The van der Waals surface area contributed by atoms with Crippen LogP contribution in [0.15, 0.2) is 18.2 Å². The zero-order valence-corrected chi connectivity index (χ0v) is 16.4. The first kappa shape index (κ1) is 21.3. The lowest BCUT2D eigenvalue weighted by atomic mass is 9.95. The van der Waals surface area contributed by atoms with E-state index in [1.807, 2.05) is 4.90 Å². The molecule has 1 aromatic rings. The van der Waals surface area contributed by atoms with Crippen molar-refractivity contribution in [1.82, 2.24) is 10.2 Å². The predicted octanol–water partition coefficient (Wildman–Crippen LogP) is 4.15. The van der Waals surface area contributed by atoms with Crippen molar-refractivity contribution in [2.45, 2.75) is 58.9 Å². The van der Waals surface area contributed by atoms with Gasteiger partial charge in [0, 0.05) is 31.6 Å². The van der Waals surface area contributed by atoms with E-state index in [0.29, 0.717) is 30.7 Å². The molecule has 1 aromatic carbocycles. The van der Waals surface area contributed by atoms with Gasteiger partial charge in [0.2, 0.25) is 5.91 Å². The molecule has 4 nitrogen and oxygen atoms in total. The van der Waals surface area contributed by atoms with Crippen LogP contribution in [-0.4, -0.2) is 35.8 Å². The molecule has 27 heavy (non-hydrogen) atoms. The van der Waals surface area contributed by atoms with Crippen molar-refractivity contribution in [3.63, 3.8) is 0 Å². The SMILES string of the molecule is CC1CCC(C(C)C)N(C(=O)CCCNC(=O)c2ccc(F)cc2F)CC1. The van der Waals surface area contributed by atoms with Crippen molar-refractivity contribution >= 4 is 11.8 Å². The summed E-state index contributed by atoms with van der Waals surface area (Å²) in [6.45, 7) is 7.60. The third-order valence-corrected chi connectivity index (χ3v) is 5.34. The molecule has 0 aromatic heterocycles. The molecule has 1 aliphatic heterocycles. The molecule has 0 bridgehead atoms. The number of likely N-dealkylation sites (tertiary alicyclic amines) is 1. The maximum absolute atomic E-state index is 13.6. The lowest BCUT2D eigenvalue weighted by Crippen LogP contribution is -2.43. The fourth-order valence-electron chi connectivity index (χ4n) is 3.64. The average Bonchev–Trinajstić information content (AvgIpc) is 2.80. The molecule has 0 aliphatic carbocycles. The van der Waals surface area contributed by atoms with Crippen molar-refractivity contribution in [1.29, 1.82) is 0 Å². The normalized spacial score (nSPS) is 20.4. The number of carbonyl (C=O) groups excluding carboxylic acids is 2. The fourth-order valence-corrected chi connectivity index (χ4v) is 3.64. The topological polar surface area (TPSA) is 49.4 Å². The summed E-state index contributed by atoms with van der Waals surface area (Å²) in [6.07, 6.45) is 4.04. The molecule has 2 rings (SSSR count). The highest BCUT2D eigenvalue weighted by atomic mass is 19.1. The third kappa shape index (κ3) is 6.01. The molecule has 6 heteroatoms. The Kier molecular flexibility index (Phi) is 7.75. The maximum atomic E-state index is 13.6. The van der Waals surface area contributed by atoms with Crippen LogP contribution in [0.3, 0.4) is 0 Å². The van der Waals surface area contributed by atoms with E-state index in [0.717, 1.165) is 37.9 Å². The van der Waals surface area contributed by atoms with Gasteiger partial charge in [-0.25, -0.2) is 8.78 Å². The fraction of sp³-hybridized carbons (Fsp3) is 0.619. The van der Waals surface area contributed by atoms with Crippen LogP contribution in [0.2, 0.25) is 0 Å². The first-order valence-corrected chi connectivity index (χ1v) is 9.82. The molecule has 2 unspecified atom stereocenters. The Hall–Kier alpha value is -1.98. The lowest BCUT2D eigenvalue weighted by molar-refractivity contribution is -0.134. The Morgan fingerprint density at radius 2 is 1.96 bits per heavy atom. The van der Waals surface area contributed by atoms with E-state index < -0.39 is 17.5 Å². The summed E-state index contributed by atoms with van der Waals surface area (Å²) in [5.74, 6) is -1.04. The Balaban J connectivity index is 1.83. The van der Waals surface area contributed by atoms with Gasteiger partial charge in [-0.05, 0) is 49.7 Å². The summed E-state index contributed by atoms with van der Waals surface area (Å²) in [4.78, 5) is 26.7. The summed E-state index contributed by atoms with van der Waals surface area (Å²) < 4.78 is 26.5. The van der Waals surface area contributed by atoms with Gasteiger partial charge in [-0.15, -0.1) is 0 Å². The van der Waals surface area contributed by atoms with Crippen LogP contribution < -0.4 is 5.32 Å². The molecular weight excluding hydrogens is 350 g/mol. The second kappa shape index (κ2) is 9.81. The molecule has 2 atom stereocenters. The lowest BCUT2D eigenvalue weighted by Gasteiger charge is -2.33. The standard InChI is InChI=1S/C21H30F2N2O2/c1-14(2)19-9-6-15(3)10-12-25(19)20(26)5-4-11-24-21(27)17-8-7-16(22)13-18(17)23/h7-8,13-15,19H,4-6,9-12H2,1-3H3,(H,24,27). The van der Waals surface area contributed by atoms with E-state index in [-0.39, 0.29) is 24.1 Å². The number of benzene rings is 1. The molecule has 1 aliphatic rings. The zero-order chi connectivity index (χ0) is 20.0. The Bertz CT molecular complexity index is 664. The van der Waals surface area contributed by atoms with E-state index in [2.05, 4.69) is 26.1 Å². The van der Waals surface area contributed by atoms with Crippen molar-refractivity contribution in [3.8, 4) is 0 Å². The van der Waals surface area contributed by atoms with Crippen molar-refractivity contribution in [2.24, 2.45) is 11.8 Å². The molecule has 0 spiro atoms. The van der Waals surface area contributed by atoms with Gasteiger partial charge < -0.3 is 10.2 Å². The van der Waals surface area contributed by atoms with Crippen LogP contribution >= 0.6 is 0 Å². The van der Waals surface area contributed by atoms with Crippen LogP contribution in [0.1, 0.15) is 63.2 Å². The molecule has 1 saturated heterocycles. The molecule has 0 saturated carbocycles. The molecule has 150 valence electrons. The largest absolute Gasteiger partial charge is 0.352 e. The number of carbonyl (C=O) groups is 2. The third-order valence-electron chi connectivity index (χ3n) is 5.34. The molecule has 1 N–H and O–H groups in total. The van der Waals surface area contributed by atoms with Crippen molar-refractivity contribution in [3.05, 3.63) is 35.4 Å². The van der Waals surface area contributed by atoms with Crippen LogP contribution in [0.4, 0.5) is 8.78 Å². The van der Waals surface area contributed by atoms with E-state index in [4.69, 9.17) is 0 Å². The van der Waals surface area contributed by atoms with Crippen molar-refractivity contribution < 1.29 is 18.4 Å². The summed E-state index contributed by atoms with van der Waals surface area (Å²) in [5.41, 5.74) is -0.191. The van der Waals surface area contributed by atoms with Crippen LogP contribution in [0.5, 0.6) is 0 Å². The van der Waals surface area contributed by atoms with Crippen LogP contribution in [0, 0.1) is 23.5 Å². The Morgan fingerprint density at radius 3 is 2.63 bits per heavy atom. The minimum atomic E-state index is -0.887. The predicted molar refractivity (Wildman–Crippen MR) is 101 cm³/mol. The average molecular weight is 380 g/mol. The van der Waals surface area contributed by atoms with Gasteiger partial charge in [-0.2, -0.15) is 0 Å². The smallest absolute Gasteiger partial charge is 0.254 e. The van der Waals surface area contributed by atoms with Gasteiger partial charge >= 0.3 is 0 Å². The number of nitrogens with one attached hydrogen (secondary N) is 1. The number of halogens is 2. The highest BCUT2D eigenvalue weighted by Gasteiger charge is 2.29. The Labute approximate surface area is 160 Å². The maximum Gasteiger partial charge on any atom is 0.254 e. The number of hydrogen-bond acceptors (Lipinski definition) is 2. The van der Waals surface area contributed by atoms with Gasteiger partial charge in [-0.3, -0.25) is 9.59 Å². The molecule has 2 amide bonds. The van der Waals surface area contributed by atoms with Gasteiger partial charge in [0.05, 0.1) is 5.56 Å². The van der Waals surface area contributed by atoms with E-state index >= 15 is 0 Å². The summed E-state index contributed by atoms with van der Waals surface area (Å²) in [7, 11) is 0. The van der Waals surface area contributed by atoms with Gasteiger partial charge in [0.15, 0.2) is 0 Å². The summed E-state index contributed by atoms with van der Waals surface area (Å²) >= 11 is 0. The minimum Gasteiger partial charge on any atom is -0.352 e. The Morgan fingerprint density at radius 1 is 1.22 bits per heavy atom. The van der Waals surface area contributed by atoms with Gasteiger partial charge in [-0.1, -0.05) is 20.8 Å². The first-order valence-electron chi connectivity index (χ1n) is 9.82. The molecule has 0 radical (unpaired) electrons. The van der Waals surface area contributed by atoms with Crippen LogP contribution in [0.25, 0.3) is 0 Å². The molecule has 1 heterocycles. The second-order valence-electron chi connectivity index (χ2n) is 7.85. The number of nitrogens with zero attached hydrogens (tertiary/aromatic N) is 1. The van der Waals surface area contributed by atoms with Gasteiger partial charge in [0.25, 0.3) is 5.91 Å². The molecular formula is C21H30F2N2O2. The summed E-state index contributed by atoms with van der Waals surface area (Å²) in [5, 5.41) is 2.60. The number of rotatable bonds is 6.